The zero-order valence-corrected chi connectivity index (χ0v) is 17.2. The Bertz CT molecular complexity index is 1070. The summed E-state index contributed by atoms with van der Waals surface area (Å²) >= 11 is 0. The van der Waals surface area contributed by atoms with E-state index in [1.807, 2.05) is 30.3 Å². The van der Waals surface area contributed by atoms with Crippen molar-refractivity contribution >= 4 is 14.0 Å². The smallest absolute Gasteiger partial charge is 0.315 e. The maximum atomic E-state index is 13.1. The maximum absolute atomic E-state index is 13.1. The van der Waals surface area contributed by atoms with E-state index in [4.69, 9.17) is 19.5 Å². The average molecular weight is 443 g/mol. The van der Waals surface area contributed by atoms with Crippen LogP contribution in [0.3, 0.4) is 0 Å². The lowest BCUT2D eigenvalue weighted by molar-refractivity contribution is -0.385. The first-order valence-corrected chi connectivity index (χ1v) is 11.0. The molecule has 2 unspecified atom stereocenters. The first kappa shape index (κ1) is 21.1. The Kier molecular flexibility index (Phi) is 6.36. The van der Waals surface area contributed by atoms with E-state index in [9.17, 15) is 14.5 Å². The first-order valence-electron chi connectivity index (χ1n) is 9.47. The van der Waals surface area contributed by atoms with E-state index in [0.717, 1.165) is 17.8 Å². The molecule has 31 heavy (non-hydrogen) atoms. The lowest BCUT2D eigenvalue weighted by atomic mass is 10.0. The van der Waals surface area contributed by atoms with E-state index in [2.05, 4.69) is 4.98 Å². The summed E-state index contributed by atoms with van der Waals surface area (Å²) in [5.41, 5.74) is 7.68. The fourth-order valence-electron chi connectivity index (χ4n) is 3.22. The molecule has 3 aromatic rings. The molecule has 0 saturated heterocycles. The molecule has 0 aliphatic carbocycles. The van der Waals surface area contributed by atoms with E-state index >= 15 is 0 Å². The van der Waals surface area contributed by atoms with Gasteiger partial charge in [0.15, 0.2) is 0 Å². The zero-order valence-electron chi connectivity index (χ0n) is 16.3. The molecule has 0 amide bonds. The van der Waals surface area contributed by atoms with Crippen LogP contribution in [0.25, 0.3) is 0 Å². The molecule has 0 fully saturated rings. The molecule has 2 N–H and O–H groups in total. The van der Waals surface area contributed by atoms with Gasteiger partial charge in [-0.25, -0.2) is 4.98 Å². The fourth-order valence-corrected chi connectivity index (χ4v) is 4.41. The number of hydrogen-bond donors (Lipinski definition) is 1. The molecule has 0 bridgehead atoms. The molecule has 1 aliphatic rings. The van der Waals surface area contributed by atoms with Crippen molar-refractivity contribution < 1.29 is 23.3 Å². The van der Waals surface area contributed by atoms with Crippen LogP contribution in [0, 0.1) is 16.1 Å². The van der Waals surface area contributed by atoms with Crippen molar-refractivity contribution in [1.82, 2.24) is 4.98 Å². The van der Waals surface area contributed by atoms with Gasteiger partial charge >= 0.3 is 5.69 Å². The number of rotatable bonds is 7. The Balaban J connectivity index is 1.60. The van der Waals surface area contributed by atoms with E-state index in [0.29, 0.717) is 30.5 Å². The minimum Gasteiger partial charge on any atom is -0.493 e. The number of fused-ring (bicyclic) bond motifs is 1. The Morgan fingerprint density at radius 2 is 2.06 bits per heavy atom. The zero-order chi connectivity index (χ0) is 21.8. The highest BCUT2D eigenvalue weighted by atomic mass is 31.2. The normalized spacial score (nSPS) is 16.1. The Morgan fingerprint density at radius 3 is 2.77 bits per heavy atom. The number of aromatic nitrogens is 1. The topological polar surface area (TPSA) is 110 Å². The second-order valence-corrected chi connectivity index (χ2v) is 8.19. The number of pyridine rings is 1. The summed E-state index contributed by atoms with van der Waals surface area (Å²) in [5, 5.41) is 11.6. The van der Waals surface area contributed by atoms with Crippen LogP contribution in [0.15, 0.2) is 60.8 Å². The lowest BCUT2D eigenvalue weighted by Crippen LogP contribution is -2.17. The van der Waals surface area contributed by atoms with Crippen LogP contribution in [0.1, 0.15) is 23.7 Å². The van der Waals surface area contributed by atoms with Gasteiger partial charge in [-0.1, -0.05) is 30.3 Å². The van der Waals surface area contributed by atoms with Gasteiger partial charge in [-0.2, -0.15) is 4.39 Å². The molecule has 2 heterocycles. The summed E-state index contributed by atoms with van der Waals surface area (Å²) in [6.45, 7) is 0.353. The van der Waals surface area contributed by atoms with E-state index < -0.39 is 25.3 Å². The Hall–Kier alpha value is -3.13. The SMILES string of the molecule is NP(Cc1ccccc1)OC1CCOc2cc([N+](=O)[O-])c(Oc3ccc(F)nc3)cc21. The largest absolute Gasteiger partial charge is 0.493 e. The van der Waals surface area contributed by atoms with Crippen LogP contribution < -0.4 is 15.0 Å². The second-order valence-electron chi connectivity index (χ2n) is 6.83. The van der Waals surface area contributed by atoms with Crippen LogP contribution in [-0.4, -0.2) is 16.5 Å². The lowest BCUT2D eigenvalue weighted by Gasteiger charge is -2.28. The van der Waals surface area contributed by atoms with Gasteiger partial charge in [0.05, 0.1) is 29.9 Å². The summed E-state index contributed by atoms with van der Waals surface area (Å²) in [5.74, 6) is -0.163. The highest BCUT2D eigenvalue weighted by Crippen LogP contribution is 2.47. The summed E-state index contributed by atoms with van der Waals surface area (Å²) in [6.07, 6.45) is 1.90. The van der Waals surface area contributed by atoms with Gasteiger partial charge in [-0.05, 0) is 23.8 Å². The number of nitrogens with two attached hydrogens (primary N) is 1. The number of halogens is 1. The number of benzene rings is 2. The van der Waals surface area contributed by atoms with Crippen LogP contribution in [0.5, 0.6) is 17.2 Å². The van der Waals surface area contributed by atoms with Gasteiger partial charge in [0.25, 0.3) is 0 Å². The molecular formula is C21H19FN3O5P. The van der Waals surface area contributed by atoms with E-state index in [1.165, 1.54) is 18.2 Å². The van der Waals surface area contributed by atoms with E-state index in [1.54, 1.807) is 0 Å². The van der Waals surface area contributed by atoms with Crippen LogP contribution in [-0.2, 0) is 10.7 Å². The average Bonchev–Trinajstić information content (AvgIpc) is 2.76. The molecule has 2 aromatic carbocycles. The van der Waals surface area contributed by atoms with Crippen LogP contribution in [0.4, 0.5) is 10.1 Å². The van der Waals surface area contributed by atoms with Crippen molar-refractivity contribution in [1.29, 1.82) is 0 Å². The summed E-state index contributed by atoms with van der Waals surface area (Å²) in [7, 11) is -1.27. The quantitative estimate of drug-likeness (QED) is 0.230. The summed E-state index contributed by atoms with van der Waals surface area (Å²) < 4.78 is 30.4. The molecular weight excluding hydrogens is 424 g/mol. The highest BCUT2D eigenvalue weighted by Gasteiger charge is 2.30. The molecule has 1 aliphatic heterocycles. The van der Waals surface area contributed by atoms with Gasteiger partial charge in [-0.15, -0.1) is 0 Å². The highest BCUT2D eigenvalue weighted by molar-refractivity contribution is 7.49. The molecule has 2 atom stereocenters. The van der Waals surface area contributed by atoms with Gasteiger partial charge in [0, 0.05) is 18.1 Å². The molecule has 0 saturated carbocycles. The standard InChI is InChI=1S/C21H19FN3O5P/c22-21-7-6-15(12-24-21)29-20-10-16-18(8-9-28-19(16)11-17(20)25(26)27)30-31(23)13-14-4-2-1-3-5-14/h1-7,10-12,18H,8-9,13,23H2. The minimum absolute atomic E-state index is 0.0133. The van der Waals surface area contributed by atoms with Crippen LogP contribution in [0.2, 0.25) is 0 Å². The molecule has 10 heteroatoms. The third kappa shape index (κ3) is 5.14. The number of nitro groups is 1. The van der Waals surface area contributed by atoms with Crippen molar-refractivity contribution in [3.63, 3.8) is 0 Å². The van der Waals surface area contributed by atoms with Crippen molar-refractivity contribution in [3.05, 3.63) is 88.0 Å². The molecule has 4 rings (SSSR count). The predicted octanol–water partition coefficient (Wildman–Crippen LogP) is 5.23. The predicted molar refractivity (Wildman–Crippen MR) is 113 cm³/mol. The monoisotopic (exact) mass is 443 g/mol. The number of hydrogen-bond acceptors (Lipinski definition) is 7. The molecule has 0 spiro atoms. The molecule has 8 nitrogen and oxygen atoms in total. The molecule has 0 radical (unpaired) electrons. The van der Waals surface area contributed by atoms with Gasteiger partial charge in [0.2, 0.25) is 11.7 Å². The maximum Gasteiger partial charge on any atom is 0.315 e. The number of ether oxygens (including phenoxy) is 2. The van der Waals surface area contributed by atoms with Crippen LogP contribution >= 0.6 is 8.30 Å². The van der Waals surface area contributed by atoms with Crippen molar-refractivity contribution in [2.24, 2.45) is 5.50 Å². The first-order chi connectivity index (χ1) is 15.0. The summed E-state index contributed by atoms with van der Waals surface area (Å²) in [6, 6.07) is 15.1. The van der Waals surface area contributed by atoms with Crippen molar-refractivity contribution in [3.8, 4) is 17.2 Å². The summed E-state index contributed by atoms with van der Waals surface area (Å²) in [4.78, 5) is 14.5. The number of nitro benzene ring substituents is 1. The van der Waals surface area contributed by atoms with E-state index in [-0.39, 0.29) is 17.2 Å². The Morgan fingerprint density at radius 1 is 1.26 bits per heavy atom. The van der Waals surface area contributed by atoms with Gasteiger partial charge < -0.3 is 14.0 Å². The Labute approximate surface area is 178 Å². The van der Waals surface area contributed by atoms with Gasteiger partial charge in [0.1, 0.15) is 19.8 Å². The second kappa shape index (κ2) is 9.34. The molecule has 160 valence electrons. The number of nitrogens with zero attached hydrogens (tertiary/aromatic N) is 2. The third-order valence-electron chi connectivity index (χ3n) is 4.64. The fraction of sp³-hybridized carbons (Fsp3) is 0.190. The van der Waals surface area contributed by atoms with Crippen molar-refractivity contribution in [2.75, 3.05) is 6.61 Å². The van der Waals surface area contributed by atoms with Crippen molar-refractivity contribution in [2.45, 2.75) is 18.7 Å². The molecule has 1 aromatic heterocycles. The van der Waals surface area contributed by atoms with Gasteiger partial charge in [-0.3, -0.25) is 15.6 Å². The minimum atomic E-state index is -1.27. The third-order valence-corrected chi connectivity index (χ3v) is 5.85.